The molecule has 0 rings (SSSR count). The molecule has 0 aromatic heterocycles. The van der Waals surface area contributed by atoms with Crippen molar-refractivity contribution in [2.45, 2.75) is 57.4 Å². The Bertz CT molecular complexity index is 549. The van der Waals surface area contributed by atoms with E-state index in [0.717, 1.165) is 25.7 Å². The molecule has 0 radical (unpaired) electrons. The zero-order valence-electron chi connectivity index (χ0n) is 13.7. The summed E-state index contributed by atoms with van der Waals surface area (Å²) in [6.45, 7) is 4.40. The number of halogens is 4. The number of hydrogen-bond acceptors (Lipinski definition) is 3. The van der Waals surface area contributed by atoms with Crippen molar-refractivity contribution < 1.29 is 35.9 Å². The molecule has 142 valence electrons. The van der Waals surface area contributed by atoms with E-state index in [1.165, 1.54) is 0 Å². The van der Waals surface area contributed by atoms with Crippen LogP contribution in [0.4, 0.5) is 17.6 Å². The Kier molecular flexibility index (Phi) is 8.37. The smallest absolute Gasteiger partial charge is 0.384 e. The van der Waals surface area contributed by atoms with E-state index in [4.69, 9.17) is 5.11 Å². The molecule has 0 aliphatic carbocycles. The van der Waals surface area contributed by atoms with Crippen LogP contribution in [0, 0.1) is 0 Å². The minimum Gasteiger partial charge on any atom is -0.478 e. The second-order valence-corrected chi connectivity index (χ2v) is 7.57. The molecule has 1 N–H and O–H groups in total. The van der Waals surface area contributed by atoms with Crippen LogP contribution in [0.2, 0.25) is 0 Å². The first kappa shape index (κ1) is 22.8. The first-order valence-corrected chi connectivity index (χ1v) is 9.08. The maximum absolute atomic E-state index is 13.8. The Morgan fingerprint density at radius 2 is 1.54 bits per heavy atom. The highest BCUT2D eigenvalue weighted by molar-refractivity contribution is 7.89. The van der Waals surface area contributed by atoms with Gasteiger partial charge in [0.05, 0.1) is 5.75 Å². The number of hydrogen-bond donors (Lipinski definition) is 1. The zero-order chi connectivity index (χ0) is 19.2. The Morgan fingerprint density at radius 3 is 2.00 bits per heavy atom. The maximum Gasteiger partial charge on any atom is 0.384 e. The number of aliphatic carboxylic acids is 1. The Balaban J connectivity index is 4.98. The third-order valence-corrected chi connectivity index (χ3v) is 5.45. The summed E-state index contributed by atoms with van der Waals surface area (Å²) in [5.41, 5.74) is -2.07. The zero-order valence-corrected chi connectivity index (χ0v) is 14.5. The molecule has 0 saturated heterocycles. The number of unbranched alkanes of at least 4 members (excludes halogenated alkanes) is 5. The predicted octanol–water partition coefficient (Wildman–Crippen LogP) is 3.48. The number of nitrogens with zero attached hydrogens (tertiary/aromatic N) is 1. The molecule has 0 saturated carbocycles. The van der Waals surface area contributed by atoms with Gasteiger partial charge in [0.2, 0.25) is 10.0 Å². The van der Waals surface area contributed by atoms with E-state index in [9.17, 15) is 30.8 Å². The van der Waals surface area contributed by atoms with Crippen LogP contribution in [0.25, 0.3) is 0 Å². The summed E-state index contributed by atoms with van der Waals surface area (Å²) in [5.74, 6) is -8.29. The van der Waals surface area contributed by atoms with Gasteiger partial charge in [-0.15, -0.1) is 4.31 Å². The highest BCUT2D eigenvalue weighted by Gasteiger charge is 2.65. The number of sulfonamides is 1. The summed E-state index contributed by atoms with van der Waals surface area (Å²) in [4.78, 5) is 10.5. The summed E-state index contributed by atoms with van der Waals surface area (Å²) >= 11 is 0. The Labute approximate surface area is 139 Å². The lowest BCUT2D eigenvalue weighted by molar-refractivity contribution is -0.238. The van der Waals surface area contributed by atoms with Crippen molar-refractivity contribution >= 4 is 16.0 Å². The molecule has 0 aliphatic heterocycles. The van der Waals surface area contributed by atoms with E-state index >= 15 is 0 Å². The fourth-order valence-corrected chi connectivity index (χ4v) is 3.20. The second kappa shape index (κ2) is 8.80. The van der Waals surface area contributed by atoms with Gasteiger partial charge >= 0.3 is 17.9 Å². The minimum atomic E-state index is -5.23. The molecule has 0 fully saturated rings. The summed E-state index contributed by atoms with van der Waals surface area (Å²) in [6.07, 6.45) is 4.06. The average molecular weight is 377 g/mol. The average Bonchev–Trinajstić information content (AvgIpc) is 2.48. The molecular weight excluding hydrogens is 354 g/mol. The van der Waals surface area contributed by atoms with Crippen LogP contribution in [0.5, 0.6) is 0 Å². The van der Waals surface area contributed by atoms with Gasteiger partial charge in [0.15, 0.2) is 0 Å². The van der Waals surface area contributed by atoms with Gasteiger partial charge in [0.1, 0.15) is 5.57 Å². The first-order chi connectivity index (χ1) is 10.8. The SMILES string of the molecule is C=C(C(=O)O)C(F)(F)C(F)(F)N(C)S(=O)(=O)CCCCCCCC. The van der Waals surface area contributed by atoms with Crippen LogP contribution in [0.1, 0.15) is 45.4 Å². The number of carboxylic acids is 1. The fraction of sp³-hybridized carbons (Fsp3) is 0.786. The Hall–Kier alpha value is -1.16. The lowest BCUT2D eigenvalue weighted by Crippen LogP contribution is -2.56. The number of rotatable bonds is 12. The molecular formula is C14H23F4NO4S. The molecule has 0 atom stereocenters. The highest BCUT2D eigenvalue weighted by atomic mass is 32.2. The summed E-state index contributed by atoms with van der Waals surface area (Å²) < 4.78 is 77.9. The van der Waals surface area contributed by atoms with Crippen LogP contribution in [-0.2, 0) is 14.8 Å². The molecule has 0 spiro atoms. The molecule has 5 nitrogen and oxygen atoms in total. The molecule has 10 heteroatoms. The largest absolute Gasteiger partial charge is 0.478 e. The van der Waals surface area contributed by atoms with Crippen LogP contribution in [0.3, 0.4) is 0 Å². The van der Waals surface area contributed by atoms with Crippen LogP contribution in [-0.4, -0.2) is 48.6 Å². The van der Waals surface area contributed by atoms with Gasteiger partial charge in [-0.3, -0.25) is 0 Å². The molecule has 24 heavy (non-hydrogen) atoms. The quantitative estimate of drug-likeness (QED) is 0.245. The summed E-state index contributed by atoms with van der Waals surface area (Å²) in [5, 5.41) is 8.43. The first-order valence-electron chi connectivity index (χ1n) is 7.47. The normalized spacial score (nSPS) is 13.3. The lowest BCUT2D eigenvalue weighted by atomic mass is 10.1. The van der Waals surface area contributed by atoms with E-state index in [-0.39, 0.29) is 6.42 Å². The van der Waals surface area contributed by atoms with Gasteiger partial charge in [-0.25, -0.2) is 13.2 Å². The summed E-state index contributed by atoms with van der Waals surface area (Å²) in [7, 11) is -4.38. The molecule has 0 amide bonds. The molecule has 0 heterocycles. The number of alkyl halides is 4. The van der Waals surface area contributed by atoms with E-state index in [0.29, 0.717) is 13.5 Å². The molecule has 0 bridgehead atoms. The van der Waals surface area contributed by atoms with Crippen molar-refractivity contribution in [3.8, 4) is 0 Å². The lowest BCUT2D eigenvalue weighted by Gasteiger charge is -2.32. The van der Waals surface area contributed by atoms with Crippen molar-refractivity contribution in [1.82, 2.24) is 4.31 Å². The van der Waals surface area contributed by atoms with Crippen LogP contribution in [0.15, 0.2) is 12.2 Å². The van der Waals surface area contributed by atoms with Crippen molar-refractivity contribution in [3.63, 3.8) is 0 Å². The van der Waals surface area contributed by atoms with Crippen molar-refractivity contribution in [3.05, 3.63) is 12.2 Å². The standard InChI is InChI=1S/C14H23F4NO4S/c1-4-5-6-7-8-9-10-24(22,23)19(3)14(17,18)13(15,16)11(2)12(20)21/h2,4-10H2,1,3H3,(H,20,21). The second-order valence-electron chi connectivity index (χ2n) is 5.45. The van der Waals surface area contributed by atoms with E-state index < -0.39 is 43.6 Å². The molecule has 0 aromatic rings. The highest BCUT2D eigenvalue weighted by Crippen LogP contribution is 2.42. The third-order valence-electron chi connectivity index (χ3n) is 3.58. The van der Waals surface area contributed by atoms with Crippen LogP contribution >= 0.6 is 0 Å². The number of carboxylic acid groups (broad SMARTS) is 1. The van der Waals surface area contributed by atoms with Gasteiger partial charge in [0.25, 0.3) is 0 Å². The van der Waals surface area contributed by atoms with Gasteiger partial charge in [-0.2, -0.15) is 17.6 Å². The monoisotopic (exact) mass is 377 g/mol. The topological polar surface area (TPSA) is 74.7 Å². The number of carbonyl (C=O) groups is 1. The van der Waals surface area contributed by atoms with Gasteiger partial charge < -0.3 is 5.11 Å². The van der Waals surface area contributed by atoms with Crippen molar-refractivity contribution in [1.29, 1.82) is 0 Å². The molecule has 0 aromatic carbocycles. The van der Waals surface area contributed by atoms with Gasteiger partial charge in [0, 0.05) is 7.05 Å². The van der Waals surface area contributed by atoms with Gasteiger partial charge in [-0.05, 0) is 6.42 Å². The minimum absolute atomic E-state index is 0.0535. The molecule has 0 aliphatic rings. The molecule has 0 unspecified atom stereocenters. The van der Waals surface area contributed by atoms with Crippen molar-refractivity contribution in [2.24, 2.45) is 0 Å². The summed E-state index contributed by atoms with van der Waals surface area (Å²) in [6, 6.07) is -5.23. The van der Waals surface area contributed by atoms with E-state index in [1.54, 1.807) is 0 Å². The van der Waals surface area contributed by atoms with Crippen LogP contribution < -0.4 is 0 Å². The third kappa shape index (κ3) is 5.44. The van der Waals surface area contributed by atoms with E-state index in [2.05, 4.69) is 6.58 Å². The van der Waals surface area contributed by atoms with E-state index in [1.807, 2.05) is 6.92 Å². The van der Waals surface area contributed by atoms with Crippen molar-refractivity contribution in [2.75, 3.05) is 12.8 Å². The maximum atomic E-state index is 13.8. The van der Waals surface area contributed by atoms with Gasteiger partial charge in [-0.1, -0.05) is 45.6 Å². The fourth-order valence-electron chi connectivity index (χ4n) is 1.89. The predicted molar refractivity (Wildman–Crippen MR) is 81.6 cm³/mol. The Morgan fingerprint density at radius 1 is 1.08 bits per heavy atom.